The lowest BCUT2D eigenvalue weighted by Gasteiger charge is -2.16. The normalized spacial score (nSPS) is 12.2. The molecule has 88 valence electrons. The standard InChI is InChI=1S/C11H15ClN2O2/c1-7(6-15-2)16-10-5-8(12)3-4-9(10)11(13)14/h3-5,7H,6H2,1-2H3,(H3,13,14). The molecule has 4 nitrogen and oxygen atoms in total. The number of hydrogen-bond donors (Lipinski definition) is 2. The highest BCUT2D eigenvalue weighted by Crippen LogP contribution is 2.24. The second-order valence-corrected chi connectivity index (χ2v) is 3.87. The van der Waals surface area contributed by atoms with E-state index in [4.69, 9.17) is 32.2 Å². The van der Waals surface area contributed by atoms with Crippen LogP contribution in [0.2, 0.25) is 5.02 Å². The minimum absolute atomic E-state index is 0.0451. The van der Waals surface area contributed by atoms with Crippen LogP contribution in [0.25, 0.3) is 0 Å². The summed E-state index contributed by atoms with van der Waals surface area (Å²) in [5, 5.41) is 7.96. The first-order valence-corrected chi connectivity index (χ1v) is 5.22. The number of amidine groups is 1. The first kappa shape index (κ1) is 12.8. The molecule has 5 heteroatoms. The van der Waals surface area contributed by atoms with Crippen molar-refractivity contribution in [1.29, 1.82) is 5.41 Å². The van der Waals surface area contributed by atoms with Crippen molar-refractivity contribution in [1.82, 2.24) is 0 Å². The van der Waals surface area contributed by atoms with Crippen LogP contribution in [0.15, 0.2) is 18.2 Å². The zero-order valence-electron chi connectivity index (χ0n) is 9.29. The summed E-state index contributed by atoms with van der Waals surface area (Å²) >= 11 is 5.86. The Morgan fingerprint density at radius 3 is 2.81 bits per heavy atom. The van der Waals surface area contributed by atoms with Crippen LogP contribution in [-0.2, 0) is 4.74 Å². The molecule has 1 rings (SSSR count). The summed E-state index contributed by atoms with van der Waals surface area (Å²) in [6.07, 6.45) is -0.124. The van der Waals surface area contributed by atoms with Gasteiger partial charge in [0.1, 0.15) is 17.7 Å². The van der Waals surface area contributed by atoms with E-state index in [-0.39, 0.29) is 11.9 Å². The fraction of sp³-hybridized carbons (Fsp3) is 0.364. The number of hydrogen-bond acceptors (Lipinski definition) is 3. The highest BCUT2D eigenvalue weighted by atomic mass is 35.5. The van der Waals surface area contributed by atoms with Gasteiger partial charge in [0, 0.05) is 12.1 Å². The first-order chi connectivity index (χ1) is 7.54. The van der Waals surface area contributed by atoms with Crippen LogP contribution in [0, 0.1) is 5.41 Å². The summed E-state index contributed by atoms with van der Waals surface area (Å²) in [7, 11) is 1.60. The highest BCUT2D eigenvalue weighted by molar-refractivity contribution is 6.30. The Labute approximate surface area is 99.8 Å². The molecule has 1 atom stereocenters. The van der Waals surface area contributed by atoms with E-state index in [9.17, 15) is 0 Å². The average Bonchev–Trinajstić information content (AvgIpc) is 2.17. The van der Waals surface area contributed by atoms with E-state index in [1.54, 1.807) is 25.3 Å². The fourth-order valence-electron chi connectivity index (χ4n) is 1.30. The van der Waals surface area contributed by atoms with Gasteiger partial charge in [-0.25, -0.2) is 0 Å². The molecule has 16 heavy (non-hydrogen) atoms. The summed E-state index contributed by atoms with van der Waals surface area (Å²) in [5.41, 5.74) is 5.98. The van der Waals surface area contributed by atoms with Crippen molar-refractivity contribution in [3.8, 4) is 5.75 Å². The second kappa shape index (κ2) is 5.72. The lowest BCUT2D eigenvalue weighted by Crippen LogP contribution is -2.21. The molecular weight excluding hydrogens is 228 g/mol. The Morgan fingerprint density at radius 2 is 2.25 bits per heavy atom. The second-order valence-electron chi connectivity index (χ2n) is 3.44. The molecule has 0 radical (unpaired) electrons. The molecular formula is C11H15ClN2O2. The zero-order valence-corrected chi connectivity index (χ0v) is 10.0. The monoisotopic (exact) mass is 242 g/mol. The van der Waals surface area contributed by atoms with Crippen molar-refractivity contribution in [2.45, 2.75) is 13.0 Å². The summed E-state index contributed by atoms with van der Waals surface area (Å²) in [6, 6.07) is 4.98. The van der Waals surface area contributed by atoms with Crippen LogP contribution in [0.5, 0.6) is 5.75 Å². The predicted molar refractivity (Wildman–Crippen MR) is 64.4 cm³/mol. The minimum Gasteiger partial charge on any atom is -0.487 e. The van der Waals surface area contributed by atoms with E-state index < -0.39 is 0 Å². The van der Waals surface area contributed by atoms with Gasteiger partial charge in [-0.05, 0) is 25.1 Å². The van der Waals surface area contributed by atoms with Crippen molar-refractivity contribution in [2.75, 3.05) is 13.7 Å². The van der Waals surface area contributed by atoms with Gasteiger partial charge in [0.05, 0.1) is 12.2 Å². The van der Waals surface area contributed by atoms with Crippen LogP contribution < -0.4 is 10.5 Å². The van der Waals surface area contributed by atoms with E-state index in [0.29, 0.717) is 22.9 Å². The van der Waals surface area contributed by atoms with E-state index in [1.165, 1.54) is 0 Å². The van der Waals surface area contributed by atoms with Gasteiger partial charge < -0.3 is 15.2 Å². The number of benzene rings is 1. The number of nitrogens with two attached hydrogens (primary N) is 1. The van der Waals surface area contributed by atoms with Crippen LogP contribution in [0.4, 0.5) is 0 Å². The number of nitrogen functional groups attached to an aromatic ring is 1. The number of ether oxygens (including phenoxy) is 2. The van der Waals surface area contributed by atoms with Crippen LogP contribution in [-0.4, -0.2) is 25.7 Å². The summed E-state index contributed by atoms with van der Waals surface area (Å²) < 4.78 is 10.6. The van der Waals surface area contributed by atoms with Crippen molar-refractivity contribution in [3.63, 3.8) is 0 Å². The molecule has 0 saturated heterocycles. The van der Waals surface area contributed by atoms with Crippen molar-refractivity contribution in [2.24, 2.45) is 5.73 Å². The molecule has 0 amide bonds. The molecule has 0 bridgehead atoms. The molecule has 0 aliphatic rings. The van der Waals surface area contributed by atoms with Gasteiger partial charge in [0.15, 0.2) is 0 Å². The maximum Gasteiger partial charge on any atom is 0.132 e. The van der Waals surface area contributed by atoms with Crippen LogP contribution in [0.3, 0.4) is 0 Å². The lowest BCUT2D eigenvalue weighted by molar-refractivity contribution is 0.0919. The predicted octanol–water partition coefficient (Wildman–Crippen LogP) is 2.04. The summed E-state index contributed by atoms with van der Waals surface area (Å²) in [4.78, 5) is 0. The lowest BCUT2D eigenvalue weighted by atomic mass is 10.2. The van der Waals surface area contributed by atoms with Gasteiger partial charge in [0.2, 0.25) is 0 Å². The van der Waals surface area contributed by atoms with Gasteiger partial charge >= 0.3 is 0 Å². The SMILES string of the molecule is COCC(C)Oc1cc(Cl)ccc1C(=N)N. The smallest absolute Gasteiger partial charge is 0.132 e. The van der Waals surface area contributed by atoms with E-state index >= 15 is 0 Å². The molecule has 1 unspecified atom stereocenters. The Bertz CT molecular complexity index is 382. The first-order valence-electron chi connectivity index (χ1n) is 4.84. The number of halogens is 1. The number of rotatable bonds is 5. The Morgan fingerprint density at radius 1 is 1.56 bits per heavy atom. The van der Waals surface area contributed by atoms with Gasteiger partial charge in [-0.15, -0.1) is 0 Å². The molecule has 0 aromatic heterocycles. The molecule has 0 aliphatic heterocycles. The maximum absolute atomic E-state index is 7.42. The topological polar surface area (TPSA) is 68.3 Å². The molecule has 0 spiro atoms. The molecule has 3 N–H and O–H groups in total. The van der Waals surface area contributed by atoms with Gasteiger partial charge in [-0.2, -0.15) is 0 Å². The number of nitrogens with one attached hydrogen (secondary N) is 1. The Kier molecular flexibility index (Phi) is 4.58. The van der Waals surface area contributed by atoms with Gasteiger partial charge in [0.25, 0.3) is 0 Å². The third-order valence-corrected chi connectivity index (χ3v) is 2.20. The molecule has 0 aliphatic carbocycles. The van der Waals surface area contributed by atoms with Crippen molar-refractivity contribution < 1.29 is 9.47 Å². The average molecular weight is 243 g/mol. The molecule has 0 saturated carbocycles. The van der Waals surface area contributed by atoms with Crippen molar-refractivity contribution in [3.05, 3.63) is 28.8 Å². The summed E-state index contributed by atoms with van der Waals surface area (Å²) in [6.45, 7) is 2.33. The Hall–Kier alpha value is -1.26. The molecule has 0 fully saturated rings. The largest absolute Gasteiger partial charge is 0.487 e. The van der Waals surface area contributed by atoms with Gasteiger partial charge in [-0.1, -0.05) is 11.6 Å². The fourth-order valence-corrected chi connectivity index (χ4v) is 1.46. The van der Waals surface area contributed by atoms with Gasteiger partial charge in [-0.3, -0.25) is 5.41 Å². The third kappa shape index (κ3) is 3.40. The highest BCUT2D eigenvalue weighted by Gasteiger charge is 2.11. The molecule has 0 heterocycles. The third-order valence-electron chi connectivity index (χ3n) is 1.96. The molecule has 1 aromatic carbocycles. The quantitative estimate of drug-likeness (QED) is 0.613. The Balaban J connectivity index is 2.92. The van der Waals surface area contributed by atoms with Crippen LogP contribution in [0.1, 0.15) is 12.5 Å². The number of methoxy groups -OCH3 is 1. The van der Waals surface area contributed by atoms with E-state index in [2.05, 4.69) is 0 Å². The zero-order chi connectivity index (χ0) is 12.1. The van der Waals surface area contributed by atoms with Crippen LogP contribution >= 0.6 is 11.6 Å². The minimum atomic E-state index is -0.124. The summed E-state index contributed by atoms with van der Waals surface area (Å²) in [5.74, 6) is 0.459. The van der Waals surface area contributed by atoms with E-state index in [1.807, 2.05) is 6.92 Å². The molecule has 1 aromatic rings. The van der Waals surface area contributed by atoms with E-state index in [0.717, 1.165) is 0 Å². The maximum atomic E-state index is 7.42. The van der Waals surface area contributed by atoms with Crippen molar-refractivity contribution >= 4 is 17.4 Å².